The van der Waals surface area contributed by atoms with Gasteiger partial charge in [0.25, 0.3) is 5.91 Å². The minimum Gasteiger partial charge on any atom is -0.479 e. The Morgan fingerprint density at radius 1 is 1.43 bits per heavy atom. The summed E-state index contributed by atoms with van der Waals surface area (Å²) in [6.45, 7) is 9.18. The van der Waals surface area contributed by atoms with Gasteiger partial charge in [0, 0.05) is 13.1 Å². The molecule has 0 spiro atoms. The third kappa shape index (κ3) is 3.90. The molecule has 2 rings (SSSR count). The normalized spacial score (nSPS) is 21.7. The predicted octanol–water partition coefficient (Wildman–Crippen LogP) is 1.42. The summed E-state index contributed by atoms with van der Waals surface area (Å²) < 4.78 is 7.24. The zero-order chi connectivity index (χ0) is 17.1. The van der Waals surface area contributed by atoms with Crippen LogP contribution in [0.5, 0.6) is 0 Å². The third-order valence-corrected chi connectivity index (χ3v) is 3.88. The largest absolute Gasteiger partial charge is 0.479 e. The Hall–Kier alpha value is -1.89. The number of nitrogens with zero attached hydrogens (tertiary/aromatic N) is 3. The first-order valence-electron chi connectivity index (χ1n) is 8.05. The number of carboxylic acid groups (broad SMARTS) is 1. The number of aromatic nitrogens is 2. The summed E-state index contributed by atoms with van der Waals surface area (Å²) >= 11 is 0. The highest BCUT2D eigenvalue weighted by Crippen LogP contribution is 2.18. The van der Waals surface area contributed by atoms with Crippen LogP contribution in [-0.4, -0.2) is 57.0 Å². The second-order valence-electron chi connectivity index (χ2n) is 6.42. The van der Waals surface area contributed by atoms with Gasteiger partial charge in [0.1, 0.15) is 0 Å². The molecule has 1 aromatic heterocycles. The summed E-state index contributed by atoms with van der Waals surface area (Å²) in [7, 11) is 0. The van der Waals surface area contributed by atoms with Crippen LogP contribution in [-0.2, 0) is 22.5 Å². The minimum atomic E-state index is -1.04. The van der Waals surface area contributed by atoms with E-state index < -0.39 is 12.1 Å². The average molecular weight is 323 g/mol. The molecular weight excluding hydrogens is 298 g/mol. The second-order valence-corrected chi connectivity index (χ2v) is 6.42. The molecule has 7 nitrogen and oxygen atoms in total. The van der Waals surface area contributed by atoms with E-state index in [0.29, 0.717) is 24.4 Å². The number of aliphatic carboxylic acids is 1. The molecule has 0 radical (unpaired) electrons. The van der Waals surface area contributed by atoms with Crippen LogP contribution in [0.15, 0.2) is 6.20 Å². The Morgan fingerprint density at radius 3 is 2.70 bits per heavy atom. The van der Waals surface area contributed by atoms with Gasteiger partial charge in [-0.05, 0) is 19.3 Å². The maximum atomic E-state index is 12.8. The number of amides is 1. The van der Waals surface area contributed by atoms with E-state index in [1.54, 1.807) is 18.0 Å². The molecule has 128 valence electrons. The SMILES string of the molecule is CCc1c(C(=O)N2CC(C(=O)O)O[C@H](C)C2)cnn1CC(C)C. The summed E-state index contributed by atoms with van der Waals surface area (Å²) in [6, 6.07) is 0. The zero-order valence-electron chi connectivity index (χ0n) is 14.2. The van der Waals surface area contributed by atoms with Gasteiger partial charge in [0.05, 0.1) is 30.1 Å². The molecule has 0 bridgehead atoms. The molecule has 2 atom stereocenters. The number of carbonyl (C=O) groups is 2. The lowest BCUT2D eigenvalue weighted by atomic mass is 10.1. The molecule has 0 aliphatic carbocycles. The molecule has 0 aromatic carbocycles. The van der Waals surface area contributed by atoms with Gasteiger partial charge in [-0.2, -0.15) is 5.10 Å². The van der Waals surface area contributed by atoms with Crippen molar-refractivity contribution >= 4 is 11.9 Å². The van der Waals surface area contributed by atoms with E-state index in [4.69, 9.17) is 9.84 Å². The van der Waals surface area contributed by atoms with E-state index >= 15 is 0 Å². The summed E-state index contributed by atoms with van der Waals surface area (Å²) in [5.41, 5.74) is 1.46. The molecular formula is C16H25N3O4. The molecule has 1 aliphatic rings. The first-order chi connectivity index (χ1) is 10.8. The van der Waals surface area contributed by atoms with E-state index in [9.17, 15) is 9.59 Å². The molecule has 1 fully saturated rings. The topological polar surface area (TPSA) is 84.7 Å². The van der Waals surface area contributed by atoms with Crippen molar-refractivity contribution in [1.29, 1.82) is 0 Å². The van der Waals surface area contributed by atoms with Crippen molar-refractivity contribution in [3.05, 3.63) is 17.5 Å². The van der Waals surface area contributed by atoms with Crippen LogP contribution >= 0.6 is 0 Å². The molecule has 1 N–H and O–H groups in total. The number of carboxylic acids is 1. The molecule has 23 heavy (non-hydrogen) atoms. The molecule has 1 aliphatic heterocycles. The van der Waals surface area contributed by atoms with E-state index in [1.165, 1.54) is 0 Å². The average Bonchev–Trinajstić information content (AvgIpc) is 2.87. The number of rotatable bonds is 5. The highest BCUT2D eigenvalue weighted by atomic mass is 16.5. The lowest BCUT2D eigenvalue weighted by Gasteiger charge is -2.34. The maximum absolute atomic E-state index is 12.8. The number of ether oxygens (including phenoxy) is 1. The van der Waals surface area contributed by atoms with Gasteiger partial charge in [0.15, 0.2) is 6.10 Å². The first kappa shape index (κ1) is 17.5. The van der Waals surface area contributed by atoms with Gasteiger partial charge in [0.2, 0.25) is 0 Å². The fourth-order valence-electron chi connectivity index (χ4n) is 2.89. The predicted molar refractivity (Wildman–Crippen MR) is 84.3 cm³/mol. The molecule has 1 saturated heterocycles. The van der Waals surface area contributed by atoms with Crippen LogP contribution in [0.25, 0.3) is 0 Å². The van der Waals surface area contributed by atoms with Crippen LogP contribution in [0.4, 0.5) is 0 Å². The highest BCUT2D eigenvalue weighted by Gasteiger charge is 2.34. The minimum absolute atomic E-state index is 0.0665. The Labute approximate surface area is 136 Å². The van der Waals surface area contributed by atoms with Crippen molar-refractivity contribution in [1.82, 2.24) is 14.7 Å². The summed E-state index contributed by atoms with van der Waals surface area (Å²) in [5, 5.41) is 13.5. The monoisotopic (exact) mass is 323 g/mol. The molecule has 7 heteroatoms. The van der Waals surface area contributed by atoms with Crippen LogP contribution in [0.2, 0.25) is 0 Å². The Bertz CT molecular complexity index is 582. The molecule has 0 saturated carbocycles. The van der Waals surface area contributed by atoms with Gasteiger partial charge < -0.3 is 14.7 Å². The van der Waals surface area contributed by atoms with Crippen molar-refractivity contribution < 1.29 is 19.4 Å². The summed E-state index contributed by atoms with van der Waals surface area (Å²) in [5.74, 6) is -0.776. The van der Waals surface area contributed by atoms with E-state index in [-0.39, 0.29) is 18.6 Å². The maximum Gasteiger partial charge on any atom is 0.334 e. The Balaban J connectivity index is 2.22. The van der Waals surface area contributed by atoms with Gasteiger partial charge >= 0.3 is 5.97 Å². The van der Waals surface area contributed by atoms with E-state index in [0.717, 1.165) is 12.2 Å². The van der Waals surface area contributed by atoms with Gasteiger partial charge in [-0.15, -0.1) is 0 Å². The fourth-order valence-corrected chi connectivity index (χ4v) is 2.89. The quantitative estimate of drug-likeness (QED) is 0.886. The highest BCUT2D eigenvalue weighted by molar-refractivity contribution is 5.95. The van der Waals surface area contributed by atoms with Crippen LogP contribution in [0.3, 0.4) is 0 Å². The number of hydrogen-bond acceptors (Lipinski definition) is 4. The summed E-state index contributed by atoms with van der Waals surface area (Å²) in [4.78, 5) is 25.5. The second kappa shape index (κ2) is 7.12. The van der Waals surface area contributed by atoms with Crippen molar-refractivity contribution in [2.24, 2.45) is 5.92 Å². The Morgan fingerprint density at radius 2 is 2.13 bits per heavy atom. The van der Waals surface area contributed by atoms with Gasteiger partial charge in [-0.1, -0.05) is 20.8 Å². The molecule has 1 unspecified atom stereocenters. The smallest absolute Gasteiger partial charge is 0.334 e. The third-order valence-electron chi connectivity index (χ3n) is 3.88. The fraction of sp³-hybridized carbons (Fsp3) is 0.688. The standard InChI is InChI=1S/C16H25N3O4/c1-5-13-12(6-17-19(13)7-10(2)3)15(20)18-8-11(4)23-14(9-18)16(21)22/h6,10-11,14H,5,7-9H2,1-4H3,(H,21,22)/t11-,14?/m1/s1. The lowest BCUT2D eigenvalue weighted by Crippen LogP contribution is -2.51. The molecule has 1 amide bonds. The van der Waals surface area contributed by atoms with Gasteiger partial charge in [-0.25, -0.2) is 4.79 Å². The van der Waals surface area contributed by atoms with Crippen LogP contribution < -0.4 is 0 Å². The van der Waals surface area contributed by atoms with Crippen molar-refractivity contribution in [2.75, 3.05) is 13.1 Å². The van der Waals surface area contributed by atoms with Crippen LogP contribution in [0, 0.1) is 5.92 Å². The number of hydrogen-bond donors (Lipinski definition) is 1. The Kier molecular flexibility index (Phi) is 5.41. The zero-order valence-corrected chi connectivity index (χ0v) is 14.2. The molecule has 1 aromatic rings. The van der Waals surface area contributed by atoms with E-state index in [1.807, 2.05) is 11.6 Å². The lowest BCUT2D eigenvalue weighted by molar-refractivity contribution is -0.160. The van der Waals surface area contributed by atoms with E-state index in [2.05, 4.69) is 18.9 Å². The first-order valence-corrected chi connectivity index (χ1v) is 8.05. The summed E-state index contributed by atoms with van der Waals surface area (Å²) in [6.07, 6.45) is 1.03. The van der Waals surface area contributed by atoms with Crippen molar-refractivity contribution in [3.63, 3.8) is 0 Å². The molecule has 2 heterocycles. The van der Waals surface area contributed by atoms with Gasteiger partial charge in [-0.3, -0.25) is 9.48 Å². The number of carbonyl (C=O) groups excluding carboxylic acids is 1. The van der Waals surface area contributed by atoms with Crippen LogP contribution in [0.1, 0.15) is 43.7 Å². The number of morpholine rings is 1. The van der Waals surface area contributed by atoms with Crippen molar-refractivity contribution in [3.8, 4) is 0 Å². The van der Waals surface area contributed by atoms with Crippen molar-refractivity contribution in [2.45, 2.75) is 52.9 Å².